The maximum absolute atomic E-state index is 5.81. The van der Waals surface area contributed by atoms with Crippen LogP contribution in [-0.4, -0.2) is 20.8 Å². The molecular formula is C8H12ClNOS. The van der Waals surface area contributed by atoms with E-state index in [0.29, 0.717) is 6.61 Å². The molecule has 0 aliphatic carbocycles. The van der Waals surface area contributed by atoms with Gasteiger partial charge in [0, 0.05) is 12.0 Å². The smallest absolute Gasteiger partial charge is 0.0931 e. The molecule has 1 unspecified atom stereocenters. The lowest BCUT2D eigenvalue weighted by Crippen LogP contribution is -2.19. The quantitative estimate of drug-likeness (QED) is 0.815. The zero-order chi connectivity index (χ0) is 8.97. The normalized spacial score (nSPS) is 13.2. The minimum absolute atomic E-state index is 0.257. The molecule has 1 atom stereocenters. The van der Waals surface area contributed by atoms with Crippen LogP contribution >= 0.6 is 22.9 Å². The van der Waals surface area contributed by atoms with Gasteiger partial charge in [-0.2, -0.15) is 0 Å². The molecule has 0 radical (unpaired) electrons. The summed E-state index contributed by atoms with van der Waals surface area (Å²) in [7, 11) is 3.61. The van der Waals surface area contributed by atoms with Gasteiger partial charge in [-0.25, -0.2) is 0 Å². The van der Waals surface area contributed by atoms with Crippen LogP contribution in [0, 0.1) is 0 Å². The van der Waals surface area contributed by atoms with Gasteiger partial charge in [0.05, 0.1) is 17.0 Å². The predicted molar refractivity (Wildman–Crippen MR) is 53.0 cm³/mol. The average molecular weight is 206 g/mol. The van der Waals surface area contributed by atoms with Gasteiger partial charge in [-0.1, -0.05) is 11.6 Å². The molecule has 68 valence electrons. The van der Waals surface area contributed by atoms with Gasteiger partial charge >= 0.3 is 0 Å². The van der Waals surface area contributed by atoms with E-state index in [1.807, 2.05) is 19.2 Å². The maximum Gasteiger partial charge on any atom is 0.0931 e. The first-order valence-corrected chi connectivity index (χ1v) is 4.88. The maximum atomic E-state index is 5.81. The first-order chi connectivity index (χ1) is 5.77. The lowest BCUT2D eigenvalue weighted by atomic mass is 10.2. The van der Waals surface area contributed by atoms with Gasteiger partial charge < -0.3 is 10.1 Å². The van der Waals surface area contributed by atoms with Crippen molar-refractivity contribution in [3.63, 3.8) is 0 Å². The monoisotopic (exact) mass is 205 g/mol. The van der Waals surface area contributed by atoms with Crippen LogP contribution in [0.4, 0.5) is 0 Å². The number of hydrogen-bond acceptors (Lipinski definition) is 3. The zero-order valence-corrected chi connectivity index (χ0v) is 8.71. The summed E-state index contributed by atoms with van der Waals surface area (Å²) in [6.45, 7) is 0.674. The molecule has 0 saturated heterocycles. The summed E-state index contributed by atoms with van der Waals surface area (Å²) < 4.78 is 5.88. The van der Waals surface area contributed by atoms with Crippen molar-refractivity contribution in [2.75, 3.05) is 20.8 Å². The number of rotatable bonds is 4. The second kappa shape index (κ2) is 4.82. The van der Waals surface area contributed by atoms with Crippen molar-refractivity contribution in [3.8, 4) is 0 Å². The molecule has 1 rings (SSSR count). The van der Waals surface area contributed by atoms with Crippen molar-refractivity contribution < 1.29 is 4.74 Å². The van der Waals surface area contributed by atoms with Gasteiger partial charge in [0.25, 0.3) is 0 Å². The highest BCUT2D eigenvalue weighted by Crippen LogP contribution is 2.26. The molecule has 0 fully saturated rings. The van der Waals surface area contributed by atoms with Crippen LogP contribution < -0.4 is 5.32 Å². The van der Waals surface area contributed by atoms with Crippen molar-refractivity contribution in [1.29, 1.82) is 0 Å². The predicted octanol–water partition coefficient (Wildman–Crippen LogP) is 2.31. The van der Waals surface area contributed by atoms with Crippen LogP contribution in [0.1, 0.15) is 10.9 Å². The molecule has 0 bridgehead atoms. The van der Waals surface area contributed by atoms with Crippen LogP contribution in [0.2, 0.25) is 4.34 Å². The van der Waals surface area contributed by atoms with E-state index >= 15 is 0 Å². The summed E-state index contributed by atoms with van der Waals surface area (Å²) in [5.74, 6) is 0. The summed E-state index contributed by atoms with van der Waals surface area (Å²) in [6.07, 6.45) is 0. The third-order valence-corrected chi connectivity index (χ3v) is 2.96. The average Bonchev–Trinajstić information content (AvgIpc) is 2.47. The standard InChI is InChI=1S/C8H12ClNOS/c1-10-6(5-11-2)7-3-4-8(9)12-7/h3-4,6,10H,5H2,1-2H3. The van der Waals surface area contributed by atoms with Gasteiger partial charge in [-0.05, 0) is 19.2 Å². The first kappa shape index (κ1) is 9.99. The zero-order valence-electron chi connectivity index (χ0n) is 7.13. The Morgan fingerprint density at radius 3 is 2.83 bits per heavy atom. The van der Waals surface area contributed by atoms with Crippen molar-refractivity contribution >= 4 is 22.9 Å². The molecule has 12 heavy (non-hydrogen) atoms. The number of methoxy groups -OCH3 is 1. The van der Waals surface area contributed by atoms with Gasteiger partial charge in [0.1, 0.15) is 0 Å². The Hall–Kier alpha value is -0.0900. The van der Waals surface area contributed by atoms with Gasteiger partial charge in [-0.3, -0.25) is 0 Å². The lowest BCUT2D eigenvalue weighted by Gasteiger charge is -2.12. The lowest BCUT2D eigenvalue weighted by molar-refractivity contribution is 0.171. The molecule has 0 amide bonds. The Balaban J connectivity index is 2.66. The highest BCUT2D eigenvalue weighted by Gasteiger charge is 2.10. The molecule has 0 aromatic carbocycles. The summed E-state index contributed by atoms with van der Waals surface area (Å²) >= 11 is 7.39. The van der Waals surface area contributed by atoms with Crippen LogP contribution in [0.5, 0.6) is 0 Å². The van der Waals surface area contributed by atoms with E-state index in [0.717, 1.165) is 4.34 Å². The van der Waals surface area contributed by atoms with E-state index in [2.05, 4.69) is 5.32 Å². The molecule has 0 saturated carbocycles. The Labute approximate surface area is 81.5 Å². The highest BCUT2D eigenvalue weighted by molar-refractivity contribution is 7.16. The minimum Gasteiger partial charge on any atom is -0.383 e. The van der Waals surface area contributed by atoms with Gasteiger partial charge in [0.15, 0.2) is 0 Å². The highest BCUT2D eigenvalue weighted by atomic mass is 35.5. The Kier molecular flexibility index (Phi) is 4.01. The van der Waals surface area contributed by atoms with Crippen LogP contribution in [0.15, 0.2) is 12.1 Å². The molecule has 1 N–H and O–H groups in total. The topological polar surface area (TPSA) is 21.3 Å². The number of ether oxygens (including phenoxy) is 1. The fourth-order valence-corrected chi connectivity index (χ4v) is 2.15. The van der Waals surface area contributed by atoms with E-state index in [1.165, 1.54) is 4.88 Å². The Morgan fingerprint density at radius 2 is 2.42 bits per heavy atom. The molecule has 1 heterocycles. The van der Waals surface area contributed by atoms with E-state index in [-0.39, 0.29) is 6.04 Å². The van der Waals surface area contributed by atoms with Crippen molar-refractivity contribution in [2.24, 2.45) is 0 Å². The third-order valence-electron chi connectivity index (χ3n) is 1.62. The van der Waals surface area contributed by atoms with Crippen molar-refractivity contribution in [3.05, 3.63) is 21.3 Å². The molecular weight excluding hydrogens is 194 g/mol. The number of thiophene rings is 1. The second-order valence-corrected chi connectivity index (χ2v) is 4.19. The number of nitrogens with one attached hydrogen (secondary N) is 1. The minimum atomic E-state index is 0.257. The van der Waals surface area contributed by atoms with Crippen molar-refractivity contribution in [2.45, 2.75) is 6.04 Å². The summed E-state index contributed by atoms with van der Waals surface area (Å²) in [4.78, 5) is 1.21. The van der Waals surface area contributed by atoms with Crippen molar-refractivity contribution in [1.82, 2.24) is 5.32 Å². The van der Waals surface area contributed by atoms with Gasteiger partial charge in [0.2, 0.25) is 0 Å². The number of hydrogen-bond donors (Lipinski definition) is 1. The third kappa shape index (κ3) is 2.45. The summed E-state index contributed by atoms with van der Waals surface area (Å²) in [5.41, 5.74) is 0. The fraction of sp³-hybridized carbons (Fsp3) is 0.500. The van der Waals surface area contributed by atoms with Gasteiger partial charge in [-0.15, -0.1) is 11.3 Å². The Morgan fingerprint density at radius 1 is 1.67 bits per heavy atom. The second-order valence-electron chi connectivity index (χ2n) is 2.44. The number of halogens is 1. The van der Waals surface area contributed by atoms with E-state index in [1.54, 1.807) is 18.4 Å². The van der Waals surface area contributed by atoms with E-state index in [4.69, 9.17) is 16.3 Å². The van der Waals surface area contributed by atoms with E-state index in [9.17, 15) is 0 Å². The van der Waals surface area contributed by atoms with E-state index < -0.39 is 0 Å². The Bertz CT molecular complexity index is 239. The van der Waals surface area contributed by atoms with Crippen LogP contribution in [0.3, 0.4) is 0 Å². The molecule has 0 spiro atoms. The summed E-state index contributed by atoms with van der Waals surface area (Å²) in [6, 6.07) is 4.18. The molecule has 0 aliphatic rings. The first-order valence-electron chi connectivity index (χ1n) is 3.69. The molecule has 1 aromatic rings. The van der Waals surface area contributed by atoms with Crippen LogP contribution in [-0.2, 0) is 4.74 Å². The largest absolute Gasteiger partial charge is 0.383 e. The number of likely N-dealkylation sites (N-methyl/N-ethyl adjacent to an activating group) is 1. The molecule has 2 nitrogen and oxygen atoms in total. The SMILES string of the molecule is CNC(COC)c1ccc(Cl)s1. The molecule has 0 aliphatic heterocycles. The fourth-order valence-electron chi connectivity index (χ4n) is 0.990. The molecule has 1 aromatic heterocycles. The van der Waals surface area contributed by atoms with Crippen LogP contribution in [0.25, 0.3) is 0 Å². The molecule has 4 heteroatoms. The summed E-state index contributed by atoms with van der Waals surface area (Å²) in [5, 5.41) is 3.16.